The van der Waals surface area contributed by atoms with Crippen LogP contribution in [0.1, 0.15) is 72.4 Å². The Morgan fingerprint density at radius 1 is 1.07 bits per heavy atom. The van der Waals surface area contributed by atoms with Crippen molar-refractivity contribution < 1.29 is 14.3 Å². The minimum Gasteiger partial charge on any atom is -0.496 e. The van der Waals surface area contributed by atoms with Gasteiger partial charge in [0.2, 0.25) is 0 Å². The topological polar surface area (TPSA) is 58.6 Å². The molecule has 0 heterocycles. The molecule has 30 heavy (non-hydrogen) atoms. The van der Waals surface area contributed by atoms with Crippen LogP contribution in [0.5, 0.6) is 5.75 Å². The van der Waals surface area contributed by atoms with Gasteiger partial charge in [0, 0.05) is 5.56 Å². The molecule has 0 aliphatic carbocycles. The highest BCUT2D eigenvalue weighted by molar-refractivity contribution is 6.00. The number of hydrogen-bond donors (Lipinski definition) is 1. The summed E-state index contributed by atoms with van der Waals surface area (Å²) in [6.07, 6.45) is 1.66. The fourth-order valence-corrected chi connectivity index (χ4v) is 3.73. The van der Waals surface area contributed by atoms with E-state index in [4.69, 9.17) is 4.74 Å². The standard InChI is InChI=1S/C25H34N2O3/c1-8-11-22(25(4,5)6)27(24(29)19-15-17(2)14-18(3)16-19)26-23(28)20-12-9-10-13-21(20)30-7/h9-10,12-16,22H,8,11H2,1-7H3,(H,26,28)/t22-/m1/s1. The molecule has 2 amide bonds. The van der Waals surface area contributed by atoms with Crippen LogP contribution < -0.4 is 10.2 Å². The number of para-hydroxylation sites is 1. The van der Waals surface area contributed by atoms with Gasteiger partial charge in [-0.15, -0.1) is 0 Å². The summed E-state index contributed by atoms with van der Waals surface area (Å²) in [5.74, 6) is -0.106. The number of methoxy groups -OCH3 is 1. The van der Waals surface area contributed by atoms with Crippen molar-refractivity contribution in [1.82, 2.24) is 10.4 Å². The SMILES string of the molecule is CCC[C@@H](N(NC(=O)c1ccccc1OC)C(=O)c1cc(C)cc(C)c1)C(C)(C)C. The van der Waals surface area contributed by atoms with Crippen LogP contribution in [0.2, 0.25) is 0 Å². The van der Waals surface area contributed by atoms with Gasteiger partial charge in [0.05, 0.1) is 18.7 Å². The summed E-state index contributed by atoms with van der Waals surface area (Å²) in [4.78, 5) is 26.8. The van der Waals surface area contributed by atoms with E-state index in [9.17, 15) is 9.59 Å². The molecule has 0 aromatic heterocycles. The maximum absolute atomic E-state index is 13.6. The molecule has 0 unspecified atom stereocenters. The van der Waals surface area contributed by atoms with Crippen LogP contribution in [0.4, 0.5) is 0 Å². The molecule has 5 heteroatoms. The van der Waals surface area contributed by atoms with Crippen LogP contribution >= 0.6 is 0 Å². The van der Waals surface area contributed by atoms with Gasteiger partial charge in [-0.1, -0.05) is 63.4 Å². The van der Waals surface area contributed by atoms with Crippen LogP contribution in [0.3, 0.4) is 0 Å². The van der Waals surface area contributed by atoms with Gasteiger partial charge in [-0.2, -0.15) is 0 Å². The molecule has 0 radical (unpaired) electrons. The van der Waals surface area contributed by atoms with Crippen molar-refractivity contribution in [2.45, 2.75) is 60.4 Å². The van der Waals surface area contributed by atoms with E-state index in [1.807, 2.05) is 38.1 Å². The molecule has 1 atom stereocenters. The molecule has 2 rings (SSSR count). The molecule has 0 saturated heterocycles. The van der Waals surface area contributed by atoms with E-state index in [1.54, 1.807) is 18.2 Å². The van der Waals surface area contributed by atoms with E-state index >= 15 is 0 Å². The Morgan fingerprint density at radius 3 is 2.20 bits per heavy atom. The lowest BCUT2D eigenvalue weighted by atomic mass is 9.83. The van der Waals surface area contributed by atoms with E-state index in [2.05, 4.69) is 33.1 Å². The second-order valence-electron chi connectivity index (χ2n) is 8.86. The van der Waals surface area contributed by atoms with Gasteiger partial charge in [-0.25, -0.2) is 5.01 Å². The van der Waals surface area contributed by atoms with Crippen molar-refractivity contribution in [3.05, 3.63) is 64.7 Å². The Kier molecular flexibility index (Phi) is 7.65. The number of aryl methyl sites for hydroxylation is 2. The molecule has 0 fully saturated rings. The number of benzene rings is 2. The summed E-state index contributed by atoms with van der Waals surface area (Å²) in [6.45, 7) is 12.3. The maximum Gasteiger partial charge on any atom is 0.273 e. The zero-order valence-corrected chi connectivity index (χ0v) is 19.2. The Labute approximate surface area is 180 Å². The van der Waals surface area contributed by atoms with Crippen molar-refractivity contribution in [3.63, 3.8) is 0 Å². The van der Waals surface area contributed by atoms with Gasteiger partial charge in [-0.05, 0) is 49.9 Å². The average Bonchev–Trinajstić information content (AvgIpc) is 2.68. The van der Waals surface area contributed by atoms with Gasteiger partial charge < -0.3 is 4.74 Å². The van der Waals surface area contributed by atoms with Crippen molar-refractivity contribution in [2.24, 2.45) is 5.41 Å². The zero-order valence-electron chi connectivity index (χ0n) is 19.2. The van der Waals surface area contributed by atoms with E-state index < -0.39 is 0 Å². The summed E-state index contributed by atoms with van der Waals surface area (Å²) in [5.41, 5.74) is 5.66. The van der Waals surface area contributed by atoms with Crippen molar-refractivity contribution in [2.75, 3.05) is 7.11 Å². The highest BCUT2D eigenvalue weighted by Gasteiger charge is 2.35. The summed E-state index contributed by atoms with van der Waals surface area (Å²) < 4.78 is 5.34. The van der Waals surface area contributed by atoms with Gasteiger partial charge in [0.25, 0.3) is 11.8 Å². The Hall–Kier alpha value is -2.82. The summed E-state index contributed by atoms with van der Waals surface area (Å²) >= 11 is 0. The number of nitrogens with one attached hydrogen (secondary N) is 1. The first-order valence-corrected chi connectivity index (χ1v) is 10.4. The maximum atomic E-state index is 13.6. The third-order valence-corrected chi connectivity index (χ3v) is 5.13. The zero-order chi connectivity index (χ0) is 22.5. The van der Waals surface area contributed by atoms with Crippen molar-refractivity contribution >= 4 is 11.8 Å². The quantitative estimate of drug-likeness (QED) is 0.656. The molecule has 1 N–H and O–H groups in total. The van der Waals surface area contributed by atoms with E-state index in [0.717, 1.165) is 24.0 Å². The highest BCUT2D eigenvalue weighted by Crippen LogP contribution is 2.29. The lowest BCUT2D eigenvalue weighted by Gasteiger charge is -2.40. The van der Waals surface area contributed by atoms with E-state index in [1.165, 1.54) is 12.1 Å². The lowest BCUT2D eigenvalue weighted by Crippen LogP contribution is -2.56. The number of amides is 2. The fourth-order valence-electron chi connectivity index (χ4n) is 3.73. The lowest BCUT2D eigenvalue weighted by molar-refractivity contribution is 0.0270. The van der Waals surface area contributed by atoms with E-state index in [-0.39, 0.29) is 23.3 Å². The molecular formula is C25H34N2O3. The molecule has 0 saturated carbocycles. The number of rotatable bonds is 6. The predicted octanol–water partition coefficient (Wildman–Crippen LogP) is 5.31. The van der Waals surface area contributed by atoms with Crippen molar-refractivity contribution in [3.8, 4) is 5.75 Å². The van der Waals surface area contributed by atoms with Gasteiger partial charge in [0.15, 0.2) is 0 Å². The first-order chi connectivity index (χ1) is 14.1. The van der Waals surface area contributed by atoms with Gasteiger partial charge in [-0.3, -0.25) is 15.0 Å². The van der Waals surface area contributed by atoms with Gasteiger partial charge >= 0.3 is 0 Å². The minimum atomic E-state index is -0.365. The second kappa shape index (κ2) is 9.79. The number of nitrogens with zero attached hydrogens (tertiary/aromatic N) is 1. The number of ether oxygens (including phenoxy) is 1. The second-order valence-corrected chi connectivity index (χ2v) is 8.86. The smallest absolute Gasteiger partial charge is 0.273 e. The number of hydrazine groups is 1. The molecular weight excluding hydrogens is 376 g/mol. The molecule has 0 aliphatic rings. The van der Waals surface area contributed by atoms with Crippen LogP contribution in [0, 0.1) is 19.3 Å². The molecule has 0 spiro atoms. The summed E-state index contributed by atoms with van der Waals surface area (Å²) in [6, 6.07) is 12.6. The molecule has 5 nitrogen and oxygen atoms in total. The minimum absolute atomic E-state index is 0.172. The van der Waals surface area contributed by atoms with E-state index in [0.29, 0.717) is 16.9 Å². The molecule has 0 aliphatic heterocycles. The molecule has 2 aromatic carbocycles. The molecule has 0 bridgehead atoms. The summed E-state index contributed by atoms with van der Waals surface area (Å²) in [7, 11) is 1.53. The average molecular weight is 411 g/mol. The van der Waals surface area contributed by atoms with Gasteiger partial charge in [0.1, 0.15) is 5.75 Å². The monoisotopic (exact) mass is 410 g/mol. The fraction of sp³-hybridized carbons (Fsp3) is 0.440. The third kappa shape index (κ3) is 5.62. The van der Waals surface area contributed by atoms with Crippen LogP contribution in [0.15, 0.2) is 42.5 Å². The first kappa shape index (κ1) is 23.5. The Balaban J connectivity index is 2.49. The predicted molar refractivity (Wildman–Crippen MR) is 121 cm³/mol. The van der Waals surface area contributed by atoms with Crippen LogP contribution in [-0.2, 0) is 0 Å². The Bertz CT molecular complexity index is 879. The Morgan fingerprint density at radius 2 is 1.67 bits per heavy atom. The third-order valence-electron chi connectivity index (χ3n) is 5.13. The first-order valence-electron chi connectivity index (χ1n) is 10.4. The number of carbonyl (C=O) groups is 2. The molecule has 2 aromatic rings. The largest absolute Gasteiger partial charge is 0.496 e. The van der Waals surface area contributed by atoms with Crippen molar-refractivity contribution in [1.29, 1.82) is 0 Å². The number of hydrogen-bond acceptors (Lipinski definition) is 3. The number of carbonyl (C=O) groups excluding carboxylic acids is 2. The summed E-state index contributed by atoms with van der Waals surface area (Å²) in [5, 5.41) is 1.52. The van der Waals surface area contributed by atoms with Crippen LogP contribution in [0.25, 0.3) is 0 Å². The normalized spacial score (nSPS) is 12.2. The molecule has 162 valence electrons. The van der Waals surface area contributed by atoms with Crippen LogP contribution in [-0.4, -0.2) is 30.0 Å². The highest BCUT2D eigenvalue weighted by atomic mass is 16.5.